The fourth-order valence-electron chi connectivity index (χ4n) is 3.67. The number of thiazole rings is 1. The van der Waals surface area contributed by atoms with E-state index in [-0.39, 0.29) is 5.78 Å². The predicted molar refractivity (Wildman–Crippen MR) is 142 cm³/mol. The van der Waals surface area contributed by atoms with Crippen molar-refractivity contribution in [3.05, 3.63) is 66.1 Å². The first-order valence-electron chi connectivity index (χ1n) is 11.3. The lowest BCUT2D eigenvalue weighted by Gasteiger charge is -2.15. The van der Waals surface area contributed by atoms with Gasteiger partial charge in [-0.2, -0.15) is 0 Å². The molecule has 0 spiro atoms. The van der Waals surface area contributed by atoms with Gasteiger partial charge in [-0.3, -0.25) is 4.79 Å². The van der Waals surface area contributed by atoms with Gasteiger partial charge >= 0.3 is 0 Å². The highest BCUT2D eigenvalue weighted by atomic mass is 32.1. The Morgan fingerprint density at radius 1 is 1.21 bits per heavy atom. The average molecular weight is 491 g/mol. The summed E-state index contributed by atoms with van der Waals surface area (Å²) in [6.45, 7) is 13.7. The maximum absolute atomic E-state index is 12.2. The Balaban J connectivity index is 1.75. The molecule has 8 heteroatoms. The molecule has 3 aromatic heterocycles. The molecule has 0 fully saturated rings. The summed E-state index contributed by atoms with van der Waals surface area (Å²) in [4.78, 5) is 26.0. The standard InChI is InChI=1S/C26H30N4O2SSi/c1-18(2)22(31)14-19-7-6-8-20(13-19)24-23-21(26-27-9-11-33-26)15-30(25(23)29-16-28-24)17-32-10-12-34(3,4)5/h6-9,11,13,15-16H,1,10,12,14,17H2,2-5H3. The molecule has 0 saturated carbocycles. The van der Waals surface area contributed by atoms with Crippen molar-refractivity contribution in [3.63, 3.8) is 0 Å². The van der Waals surface area contributed by atoms with Crippen LogP contribution >= 0.6 is 11.3 Å². The Labute approximate surface area is 205 Å². The Morgan fingerprint density at radius 3 is 2.74 bits per heavy atom. The van der Waals surface area contributed by atoms with Gasteiger partial charge in [0.25, 0.3) is 0 Å². The zero-order valence-corrected chi connectivity index (χ0v) is 22.0. The number of ether oxygens (including phenoxy) is 1. The molecule has 0 saturated heterocycles. The largest absolute Gasteiger partial charge is 0.361 e. The van der Waals surface area contributed by atoms with Crippen LogP contribution in [0.25, 0.3) is 32.9 Å². The molecule has 6 nitrogen and oxygen atoms in total. The van der Waals surface area contributed by atoms with Gasteiger partial charge < -0.3 is 9.30 Å². The Morgan fingerprint density at radius 2 is 2.03 bits per heavy atom. The van der Waals surface area contributed by atoms with Crippen molar-refractivity contribution in [1.29, 1.82) is 0 Å². The number of rotatable bonds is 10. The summed E-state index contributed by atoms with van der Waals surface area (Å²) in [7, 11) is -1.16. The van der Waals surface area contributed by atoms with Crippen molar-refractivity contribution < 1.29 is 9.53 Å². The van der Waals surface area contributed by atoms with Gasteiger partial charge in [-0.05, 0) is 30.2 Å². The molecule has 4 rings (SSSR count). The van der Waals surface area contributed by atoms with Crippen LogP contribution in [-0.4, -0.2) is 40.0 Å². The third-order valence-electron chi connectivity index (χ3n) is 5.58. The smallest absolute Gasteiger partial charge is 0.162 e. The number of benzene rings is 1. The first-order chi connectivity index (χ1) is 16.2. The van der Waals surface area contributed by atoms with Crippen molar-refractivity contribution >= 4 is 36.2 Å². The van der Waals surface area contributed by atoms with Crippen molar-refractivity contribution in [1.82, 2.24) is 19.5 Å². The summed E-state index contributed by atoms with van der Waals surface area (Å²) >= 11 is 1.58. The summed E-state index contributed by atoms with van der Waals surface area (Å²) in [6.07, 6.45) is 5.78. The molecular formula is C26H30N4O2SSi. The SMILES string of the molecule is C=C(C)C(=O)Cc1cccc(-c2ncnc3c2c(-c2nccs2)cn3COCC[Si](C)(C)C)c1. The van der Waals surface area contributed by atoms with Crippen LogP contribution in [0.2, 0.25) is 25.7 Å². The zero-order valence-electron chi connectivity index (χ0n) is 20.2. The summed E-state index contributed by atoms with van der Waals surface area (Å²) in [6, 6.07) is 9.08. The molecule has 4 aromatic rings. The molecule has 1 aromatic carbocycles. The predicted octanol–water partition coefficient (Wildman–Crippen LogP) is 6.22. The molecule has 0 unspecified atom stereocenters. The quantitative estimate of drug-likeness (QED) is 0.150. The van der Waals surface area contributed by atoms with E-state index in [1.165, 1.54) is 0 Å². The lowest BCUT2D eigenvalue weighted by molar-refractivity contribution is -0.114. The molecule has 0 radical (unpaired) electrons. The lowest BCUT2D eigenvalue weighted by Crippen LogP contribution is -2.22. The Kier molecular flexibility index (Phi) is 7.21. The molecule has 0 atom stereocenters. The highest BCUT2D eigenvalue weighted by molar-refractivity contribution is 7.13. The van der Waals surface area contributed by atoms with E-state index in [1.807, 2.05) is 34.2 Å². The number of ketones is 1. The fraction of sp³-hybridized carbons (Fsp3) is 0.308. The van der Waals surface area contributed by atoms with Crippen molar-refractivity contribution in [2.24, 2.45) is 0 Å². The number of hydrogen-bond donors (Lipinski definition) is 0. The number of aromatic nitrogens is 4. The molecule has 0 aliphatic heterocycles. The summed E-state index contributed by atoms with van der Waals surface area (Å²) < 4.78 is 8.08. The van der Waals surface area contributed by atoms with Crippen LogP contribution in [-0.2, 0) is 22.7 Å². The van der Waals surface area contributed by atoms with Gasteiger partial charge in [-0.25, -0.2) is 15.0 Å². The molecule has 3 heterocycles. The second-order valence-electron chi connectivity index (χ2n) is 9.70. The van der Waals surface area contributed by atoms with Gasteiger partial charge in [-0.1, -0.05) is 44.4 Å². The molecule has 0 bridgehead atoms. The number of fused-ring (bicyclic) bond motifs is 1. The van der Waals surface area contributed by atoms with Gasteiger partial charge in [0.15, 0.2) is 5.78 Å². The maximum Gasteiger partial charge on any atom is 0.162 e. The van der Waals surface area contributed by atoms with Crippen molar-refractivity contribution in [2.75, 3.05) is 6.61 Å². The minimum absolute atomic E-state index is 0.0371. The van der Waals surface area contributed by atoms with E-state index in [0.29, 0.717) is 18.7 Å². The van der Waals surface area contributed by atoms with Gasteiger partial charge in [0.1, 0.15) is 23.7 Å². The first kappa shape index (κ1) is 24.2. The highest BCUT2D eigenvalue weighted by Crippen LogP contribution is 2.37. The zero-order chi connectivity index (χ0) is 24.3. The molecular weight excluding hydrogens is 460 g/mol. The van der Waals surface area contributed by atoms with E-state index in [0.717, 1.165) is 51.1 Å². The van der Waals surface area contributed by atoms with Crippen LogP contribution in [0.3, 0.4) is 0 Å². The molecule has 34 heavy (non-hydrogen) atoms. The number of carbonyl (C=O) groups is 1. The van der Waals surface area contributed by atoms with E-state index in [2.05, 4.69) is 47.4 Å². The minimum Gasteiger partial charge on any atom is -0.361 e. The number of nitrogens with zero attached hydrogens (tertiary/aromatic N) is 4. The van der Waals surface area contributed by atoms with Gasteiger partial charge in [0.05, 0.1) is 11.1 Å². The van der Waals surface area contributed by atoms with Crippen LogP contribution in [0.15, 0.2) is 60.5 Å². The topological polar surface area (TPSA) is 69.9 Å². The molecule has 0 aliphatic carbocycles. The van der Waals surface area contributed by atoms with Crippen LogP contribution < -0.4 is 0 Å². The van der Waals surface area contributed by atoms with Gasteiger partial charge in [0.2, 0.25) is 0 Å². The van der Waals surface area contributed by atoms with Crippen molar-refractivity contribution in [2.45, 2.75) is 45.8 Å². The van der Waals surface area contributed by atoms with E-state index in [1.54, 1.807) is 30.8 Å². The van der Waals surface area contributed by atoms with Crippen LogP contribution in [0.1, 0.15) is 12.5 Å². The van der Waals surface area contributed by atoms with Crippen LogP contribution in [0.4, 0.5) is 0 Å². The number of carbonyl (C=O) groups excluding carboxylic acids is 1. The van der Waals surface area contributed by atoms with Crippen LogP contribution in [0, 0.1) is 0 Å². The summed E-state index contributed by atoms with van der Waals surface area (Å²) in [5.74, 6) is 0.0371. The Hall–Kier alpha value is -2.94. The van der Waals surface area contributed by atoms with E-state index in [4.69, 9.17) is 4.74 Å². The average Bonchev–Trinajstić information content (AvgIpc) is 3.44. The normalized spacial score (nSPS) is 11.8. The summed E-state index contributed by atoms with van der Waals surface area (Å²) in [5.41, 5.74) is 5.05. The molecule has 0 aliphatic rings. The van der Waals surface area contributed by atoms with Crippen LogP contribution in [0.5, 0.6) is 0 Å². The van der Waals surface area contributed by atoms with E-state index in [9.17, 15) is 4.79 Å². The second-order valence-corrected chi connectivity index (χ2v) is 16.2. The fourth-order valence-corrected chi connectivity index (χ4v) is 5.08. The molecule has 0 N–H and O–H groups in total. The Bertz CT molecular complexity index is 1320. The monoisotopic (exact) mass is 490 g/mol. The third-order valence-corrected chi connectivity index (χ3v) is 8.09. The summed E-state index contributed by atoms with van der Waals surface area (Å²) in [5, 5.41) is 3.82. The highest BCUT2D eigenvalue weighted by Gasteiger charge is 2.20. The number of hydrogen-bond acceptors (Lipinski definition) is 6. The first-order valence-corrected chi connectivity index (χ1v) is 15.9. The molecule has 0 amide bonds. The molecule has 176 valence electrons. The maximum atomic E-state index is 12.2. The van der Waals surface area contributed by atoms with E-state index >= 15 is 0 Å². The number of Topliss-reactive ketones (excluding diaryl/α,β-unsaturated/α-hetero) is 1. The third kappa shape index (κ3) is 5.57. The van der Waals surface area contributed by atoms with Crippen molar-refractivity contribution in [3.8, 4) is 21.8 Å². The minimum atomic E-state index is -1.16. The lowest BCUT2D eigenvalue weighted by atomic mass is 10.00. The van der Waals surface area contributed by atoms with Gasteiger partial charge in [0, 0.05) is 50.0 Å². The van der Waals surface area contributed by atoms with E-state index < -0.39 is 8.07 Å². The van der Waals surface area contributed by atoms with Gasteiger partial charge in [-0.15, -0.1) is 11.3 Å². The number of allylic oxidation sites excluding steroid dienone is 1. The second kappa shape index (κ2) is 10.1.